The number of sulfonamides is 1. The zero-order valence-electron chi connectivity index (χ0n) is 10.3. The van der Waals surface area contributed by atoms with Gasteiger partial charge in [-0.25, -0.2) is 13.6 Å². The SMILES string of the molecule is Cn1cc(Oc2ccc(S(N)(=O)=O)cc2[N+](=O)[O-])cn1. The van der Waals surface area contributed by atoms with E-state index in [1.54, 1.807) is 7.05 Å². The number of aryl methyl sites for hydroxylation is 1. The number of hydrogen-bond donors (Lipinski definition) is 1. The van der Waals surface area contributed by atoms with Crippen molar-refractivity contribution in [2.24, 2.45) is 12.2 Å². The molecule has 0 bridgehead atoms. The molecule has 1 aromatic heterocycles. The van der Waals surface area contributed by atoms with Gasteiger partial charge in [-0.3, -0.25) is 14.8 Å². The molecule has 0 spiro atoms. The van der Waals surface area contributed by atoms with E-state index in [9.17, 15) is 18.5 Å². The number of aromatic nitrogens is 2. The first-order valence-electron chi connectivity index (χ1n) is 5.25. The number of nitrogens with two attached hydrogens (primary N) is 1. The molecule has 0 aliphatic rings. The number of nitro groups is 1. The van der Waals surface area contributed by atoms with Crippen molar-refractivity contribution in [1.82, 2.24) is 9.78 Å². The quantitative estimate of drug-likeness (QED) is 0.655. The predicted molar refractivity (Wildman–Crippen MR) is 67.8 cm³/mol. The first-order chi connectivity index (χ1) is 9.27. The van der Waals surface area contributed by atoms with Crippen LogP contribution in [0.1, 0.15) is 0 Å². The van der Waals surface area contributed by atoms with Gasteiger partial charge in [0.05, 0.1) is 22.2 Å². The molecule has 2 rings (SSSR count). The molecule has 0 amide bonds. The Morgan fingerprint density at radius 3 is 2.65 bits per heavy atom. The van der Waals surface area contributed by atoms with Crippen LogP contribution in [0.25, 0.3) is 0 Å². The van der Waals surface area contributed by atoms with Crippen molar-refractivity contribution in [3.8, 4) is 11.5 Å². The molecule has 10 heteroatoms. The molecule has 0 atom stereocenters. The predicted octanol–water partition coefficient (Wildman–Crippen LogP) is 0.768. The average molecular weight is 298 g/mol. The van der Waals surface area contributed by atoms with Crippen LogP contribution in [0.5, 0.6) is 11.5 Å². The van der Waals surface area contributed by atoms with Crippen LogP contribution in [-0.2, 0) is 17.1 Å². The molecule has 0 aliphatic carbocycles. The summed E-state index contributed by atoms with van der Waals surface area (Å²) in [5, 5.41) is 19.7. The fourth-order valence-corrected chi connectivity index (χ4v) is 2.02. The number of nitro benzene ring substituents is 1. The number of primary sulfonamides is 1. The lowest BCUT2D eigenvalue weighted by atomic mass is 10.3. The van der Waals surface area contributed by atoms with Gasteiger partial charge in [-0.1, -0.05) is 0 Å². The minimum absolute atomic E-state index is 0.101. The Labute approximate surface area is 113 Å². The van der Waals surface area contributed by atoms with Gasteiger partial charge in [0, 0.05) is 13.1 Å². The lowest BCUT2D eigenvalue weighted by molar-refractivity contribution is -0.385. The third kappa shape index (κ3) is 2.92. The number of nitrogens with zero attached hydrogens (tertiary/aromatic N) is 3. The fraction of sp³-hybridized carbons (Fsp3) is 0.100. The topological polar surface area (TPSA) is 130 Å². The molecule has 0 fully saturated rings. The number of hydrogen-bond acceptors (Lipinski definition) is 6. The maximum absolute atomic E-state index is 11.2. The number of benzene rings is 1. The molecule has 9 nitrogen and oxygen atoms in total. The second-order valence-corrected chi connectivity index (χ2v) is 5.44. The summed E-state index contributed by atoms with van der Waals surface area (Å²) in [6.07, 6.45) is 2.88. The second-order valence-electron chi connectivity index (χ2n) is 3.88. The van der Waals surface area contributed by atoms with Gasteiger partial charge in [-0.15, -0.1) is 0 Å². The van der Waals surface area contributed by atoms with Crippen LogP contribution in [-0.4, -0.2) is 23.1 Å². The van der Waals surface area contributed by atoms with Crippen molar-refractivity contribution < 1.29 is 18.1 Å². The van der Waals surface area contributed by atoms with Gasteiger partial charge in [0.1, 0.15) is 0 Å². The summed E-state index contributed by atoms with van der Waals surface area (Å²) >= 11 is 0. The smallest absolute Gasteiger partial charge is 0.312 e. The van der Waals surface area contributed by atoms with Crippen molar-refractivity contribution in [2.45, 2.75) is 4.90 Å². The molecular weight excluding hydrogens is 288 g/mol. The highest BCUT2D eigenvalue weighted by molar-refractivity contribution is 7.89. The van der Waals surface area contributed by atoms with Crippen molar-refractivity contribution in [2.75, 3.05) is 0 Å². The highest BCUT2D eigenvalue weighted by Gasteiger charge is 2.20. The molecule has 2 aromatic rings. The maximum atomic E-state index is 11.2. The lowest BCUT2D eigenvalue weighted by Gasteiger charge is -2.05. The Balaban J connectivity index is 2.45. The van der Waals surface area contributed by atoms with Crippen LogP contribution in [0.4, 0.5) is 5.69 Å². The minimum atomic E-state index is -4.02. The molecule has 20 heavy (non-hydrogen) atoms. The molecule has 0 unspecified atom stereocenters. The largest absolute Gasteiger partial charge is 0.447 e. The van der Waals surface area contributed by atoms with E-state index in [1.807, 2.05) is 0 Å². The third-order valence-electron chi connectivity index (χ3n) is 2.36. The van der Waals surface area contributed by atoms with Gasteiger partial charge in [0.2, 0.25) is 15.8 Å². The fourth-order valence-electron chi connectivity index (χ4n) is 1.48. The standard InChI is InChI=1S/C10H10N4O5S/c1-13-6-7(5-12-13)19-10-3-2-8(20(11,17)18)4-9(10)14(15)16/h2-6H,1H3,(H2,11,17,18). The van der Waals surface area contributed by atoms with E-state index in [2.05, 4.69) is 5.10 Å². The number of rotatable bonds is 4. The van der Waals surface area contributed by atoms with Gasteiger partial charge < -0.3 is 4.74 Å². The summed E-state index contributed by atoms with van der Waals surface area (Å²) < 4.78 is 29.1. The Morgan fingerprint density at radius 1 is 1.45 bits per heavy atom. The Kier molecular flexibility index (Phi) is 3.42. The first kappa shape index (κ1) is 14.0. The maximum Gasteiger partial charge on any atom is 0.312 e. The zero-order chi connectivity index (χ0) is 14.9. The van der Waals surface area contributed by atoms with Gasteiger partial charge in [-0.05, 0) is 12.1 Å². The molecular formula is C10H10N4O5S. The van der Waals surface area contributed by atoms with Crippen LogP contribution in [0.15, 0.2) is 35.5 Å². The van der Waals surface area contributed by atoms with Gasteiger partial charge >= 0.3 is 5.69 Å². The molecule has 1 aromatic carbocycles. The van der Waals surface area contributed by atoms with Crippen molar-refractivity contribution >= 4 is 15.7 Å². The molecule has 106 valence electrons. The lowest BCUT2D eigenvalue weighted by Crippen LogP contribution is -2.12. The van der Waals surface area contributed by atoms with E-state index in [0.717, 1.165) is 12.1 Å². The van der Waals surface area contributed by atoms with E-state index < -0.39 is 20.6 Å². The van der Waals surface area contributed by atoms with Gasteiger partial charge in [-0.2, -0.15) is 5.10 Å². The summed E-state index contributed by atoms with van der Waals surface area (Å²) in [5.41, 5.74) is -0.500. The van der Waals surface area contributed by atoms with E-state index in [-0.39, 0.29) is 10.6 Å². The molecule has 0 saturated heterocycles. The minimum Gasteiger partial charge on any atom is -0.447 e. The van der Waals surface area contributed by atoms with Crippen molar-refractivity contribution in [3.05, 3.63) is 40.7 Å². The summed E-state index contributed by atoms with van der Waals surface area (Å²) in [5.74, 6) is 0.189. The number of ether oxygens (including phenoxy) is 1. The summed E-state index contributed by atoms with van der Waals surface area (Å²) in [6.45, 7) is 0. The second kappa shape index (κ2) is 4.90. The third-order valence-corrected chi connectivity index (χ3v) is 3.28. The van der Waals surface area contributed by atoms with Crippen LogP contribution >= 0.6 is 0 Å². The van der Waals surface area contributed by atoms with Crippen LogP contribution in [0.2, 0.25) is 0 Å². The van der Waals surface area contributed by atoms with Gasteiger partial charge in [0.25, 0.3) is 0 Å². The van der Waals surface area contributed by atoms with Crippen LogP contribution in [0.3, 0.4) is 0 Å². The summed E-state index contributed by atoms with van der Waals surface area (Å²) in [7, 11) is -2.36. The van der Waals surface area contributed by atoms with E-state index >= 15 is 0 Å². The Bertz CT molecular complexity index is 768. The Morgan fingerprint density at radius 2 is 2.15 bits per heavy atom. The average Bonchev–Trinajstić information content (AvgIpc) is 2.73. The van der Waals surface area contributed by atoms with Crippen molar-refractivity contribution in [3.63, 3.8) is 0 Å². The van der Waals surface area contributed by atoms with Crippen LogP contribution < -0.4 is 9.88 Å². The highest BCUT2D eigenvalue weighted by atomic mass is 32.2. The molecule has 1 heterocycles. The molecule has 0 saturated carbocycles. The van der Waals surface area contributed by atoms with E-state index in [4.69, 9.17) is 9.88 Å². The summed E-state index contributed by atoms with van der Waals surface area (Å²) in [6, 6.07) is 3.15. The van der Waals surface area contributed by atoms with Crippen LogP contribution in [0, 0.1) is 10.1 Å². The first-order valence-corrected chi connectivity index (χ1v) is 6.80. The normalized spacial score (nSPS) is 11.3. The Hall–Kier alpha value is -2.46. The van der Waals surface area contributed by atoms with Gasteiger partial charge in [0.15, 0.2) is 5.75 Å². The molecule has 0 radical (unpaired) electrons. The monoisotopic (exact) mass is 298 g/mol. The molecule has 2 N–H and O–H groups in total. The van der Waals surface area contributed by atoms with E-state index in [0.29, 0.717) is 5.75 Å². The van der Waals surface area contributed by atoms with Crippen molar-refractivity contribution in [1.29, 1.82) is 0 Å². The summed E-state index contributed by atoms with van der Waals surface area (Å²) in [4.78, 5) is 9.86. The molecule has 0 aliphatic heterocycles. The highest BCUT2D eigenvalue weighted by Crippen LogP contribution is 2.32. The van der Waals surface area contributed by atoms with E-state index in [1.165, 1.54) is 23.1 Å². The zero-order valence-corrected chi connectivity index (χ0v) is 11.1.